The molecule has 0 aliphatic carbocycles. The standard InChI is InChI=1S/C20H30N2O4S/c1-5-8-16(6-2)19(22-14-7-9-18(22)20(23)26-4)21-27(24,25)17-12-10-15(3)11-13-17/h10-13,16,18H,5-9,14H2,1-4H3/b21-19+/t16-,18-/m1/s1. The van der Waals surface area contributed by atoms with Crippen LogP contribution < -0.4 is 0 Å². The van der Waals surface area contributed by atoms with Gasteiger partial charge in [0.15, 0.2) is 0 Å². The monoisotopic (exact) mass is 394 g/mol. The van der Waals surface area contributed by atoms with Crippen molar-refractivity contribution in [1.82, 2.24) is 4.90 Å². The number of carbonyl (C=O) groups excluding carboxylic acids is 1. The van der Waals surface area contributed by atoms with Crippen molar-refractivity contribution in [3.63, 3.8) is 0 Å². The molecule has 0 aromatic heterocycles. The summed E-state index contributed by atoms with van der Waals surface area (Å²) < 4.78 is 35.1. The molecule has 1 aliphatic rings. The third-order valence-electron chi connectivity index (χ3n) is 5.05. The Balaban J connectivity index is 2.50. The largest absolute Gasteiger partial charge is 0.467 e. The van der Waals surface area contributed by atoms with Gasteiger partial charge in [-0.25, -0.2) is 4.79 Å². The minimum absolute atomic E-state index is 0.0134. The Morgan fingerprint density at radius 2 is 1.96 bits per heavy atom. The third-order valence-corrected chi connectivity index (χ3v) is 6.34. The Morgan fingerprint density at radius 1 is 1.30 bits per heavy atom. The van der Waals surface area contributed by atoms with Crippen molar-refractivity contribution in [2.45, 2.75) is 63.8 Å². The molecule has 1 aliphatic heterocycles. The number of sulfonamides is 1. The van der Waals surface area contributed by atoms with Crippen molar-refractivity contribution in [3.8, 4) is 0 Å². The summed E-state index contributed by atoms with van der Waals surface area (Å²) in [5.41, 5.74) is 0.987. The zero-order chi connectivity index (χ0) is 20.0. The first-order valence-corrected chi connectivity index (χ1v) is 11.0. The predicted molar refractivity (Wildman–Crippen MR) is 106 cm³/mol. The average molecular weight is 395 g/mol. The van der Waals surface area contributed by atoms with Crippen LogP contribution in [0.15, 0.2) is 33.6 Å². The van der Waals surface area contributed by atoms with Gasteiger partial charge in [0.25, 0.3) is 10.0 Å². The van der Waals surface area contributed by atoms with Crippen LogP contribution in [0.2, 0.25) is 0 Å². The molecule has 0 bridgehead atoms. The van der Waals surface area contributed by atoms with Crippen LogP contribution in [0.5, 0.6) is 0 Å². The maximum absolute atomic E-state index is 13.0. The Kier molecular flexibility index (Phi) is 7.41. The predicted octanol–water partition coefficient (Wildman–Crippen LogP) is 3.55. The molecule has 0 spiro atoms. The maximum atomic E-state index is 13.0. The van der Waals surface area contributed by atoms with Crippen LogP contribution in [0.3, 0.4) is 0 Å². The average Bonchev–Trinajstić information content (AvgIpc) is 3.13. The van der Waals surface area contributed by atoms with Crippen LogP contribution >= 0.6 is 0 Å². The van der Waals surface area contributed by atoms with E-state index in [2.05, 4.69) is 11.3 Å². The van der Waals surface area contributed by atoms with Gasteiger partial charge in [-0.05, 0) is 44.7 Å². The van der Waals surface area contributed by atoms with Crippen LogP contribution in [0, 0.1) is 12.8 Å². The molecule has 1 heterocycles. The number of ether oxygens (including phenoxy) is 1. The van der Waals surface area contributed by atoms with E-state index in [1.807, 2.05) is 18.7 Å². The Hall–Kier alpha value is -1.89. The number of likely N-dealkylation sites (tertiary alicyclic amines) is 1. The molecule has 0 amide bonds. The van der Waals surface area contributed by atoms with Gasteiger partial charge in [-0.3, -0.25) is 0 Å². The Bertz CT molecular complexity index is 772. The summed E-state index contributed by atoms with van der Waals surface area (Å²) in [6.07, 6.45) is 3.97. The van der Waals surface area contributed by atoms with E-state index in [9.17, 15) is 13.2 Å². The van der Waals surface area contributed by atoms with Crippen molar-refractivity contribution in [2.75, 3.05) is 13.7 Å². The summed E-state index contributed by atoms with van der Waals surface area (Å²) in [7, 11) is -2.49. The van der Waals surface area contributed by atoms with Gasteiger partial charge in [0, 0.05) is 12.5 Å². The molecule has 1 aromatic carbocycles. The molecular formula is C20H30N2O4S. The highest BCUT2D eigenvalue weighted by Gasteiger charge is 2.37. The van der Waals surface area contributed by atoms with Crippen molar-refractivity contribution in [3.05, 3.63) is 29.8 Å². The van der Waals surface area contributed by atoms with Crippen molar-refractivity contribution >= 4 is 21.8 Å². The molecule has 1 saturated heterocycles. The third kappa shape index (κ3) is 5.09. The van der Waals surface area contributed by atoms with E-state index in [0.29, 0.717) is 18.8 Å². The SMILES string of the molecule is CCC[C@@H](CC)/C(=N\S(=O)(=O)c1ccc(C)cc1)N1CCC[C@@H]1C(=O)OC. The Morgan fingerprint density at radius 3 is 2.52 bits per heavy atom. The molecule has 27 heavy (non-hydrogen) atoms. The fraction of sp³-hybridized carbons (Fsp3) is 0.600. The zero-order valence-electron chi connectivity index (χ0n) is 16.6. The van der Waals surface area contributed by atoms with Gasteiger partial charge in [0.1, 0.15) is 11.9 Å². The molecule has 0 saturated carbocycles. The molecule has 150 valence electrons. The highest BCUT2D eigenvalue weighted by atomic mass is 32.2. The van der Waals surface area contributed by atoms with Crippen LogP contribution in [0.25, 0.3) is 0 Å². The van der Waals surface area contributed by atoms with Gasteiger partial charge in [0.05, 0.1) is 12.0 Å². The van der Waals surface area contributed by atoms with Crippen LogP contribution in [0.4, 0.5) is 0 Å². The number of carbonyl (C=O) groups is 1. The molecule has 0 N–H and O–H groups in total. The van der Waals surface area contributed by atoms with Crippen LogP contribution in [-0.4, -0.2) is 44.8 Å². The summed E-state index contributed by atoms with van der Waals surface area (Å²) in [6, 6.07) is 6.22. The minimum atomic E-state index is -3.85. The molecule has 0 radical (unpaired) electrons. The van der Waals surface area contributed by atoms with Crippen LogP contribution in [-0.2, 0) is 19.6 Å². The first-order valence-electron chi connectivity index (χ1n) is 9.60. The highest BCUT2D eigenvalue weighted by Crippen LogP contribution is 2.27. The second-order valence-corrected chi connectivity index (χ2v) is 8.61. The van der Waals surface area contributed by atoms with Gasteiger partial charge in [-0.2, -0.15) is 8.42 Å². The lowest BCUT2D eigenvalue weighted by Gasteiger charge is -2.30. The van der Waals surface area contributed by atoms with Gasteiger partial charge < -0.3 is 9.64 Å². The molecule has 2 atom stereocenters. The van der Waals surface area contributed by atoms with Gasteiger partial charge in [-0.15, -0.1) is 4.40 Å². The number of esters is 1. The van der Waals surface area contributed by atoms with E-state index in [-0.39, 0.29) is 16.8 Å². The van der Waals surface area contributed by atoms with E-state index in [1.165, 1.54) is 7.11 Å². The van der Waals surface area contributed by atoms with Gasteiger partial charge in [-0.1, -0.05) is 38.0 Å². The van der Waals surface area contributed by atoms with E-state index in [0.717, 1.165) is 31.2 Å². The number of amidine groups is 1. The van der Waals surface area contributed by atoms with Crippen molar-refractivity contribution in [2.24, 2.45) is 10.3 Å². The molecular weight excluding hydrogens is 364 g/mol. The summed E-state index contributed by atoms with van der Waals surface area (Å²) in [5, 5.41) is 0. The zero-order valence-corrected chi connectivity index (χ0v) is 17.5. The van der Waals surface area contributed by atoms with Crippen LogP contribution in [0.1, 0.15) is 51.5 Å². The smallest absolute Gasteiger partial charge is 0.328 e. The molecule has 7 heteroatoms. The van der Waals surface area contributed by atoms with Crippen molar-refractivity contribution < 1.29 is 17.9 Å². The summed E-state index contributed by atoms with van der Waals surface area (Å²) >= 11 is 0. The van der Waals surface area contributed by atoms with E-state index >= 15 is 0 Å². The number of benzene rings is 1. The van der Waals surface area contributed by atoms with Crippen molar-refractivity contribution in [1.29, 1.82) is 0 Å². The quantitative estimate of drug-likeness (QED) is 0.402. The fourth-order valence-corrected chi connectivity index (χ4v) is 4.62. The number of methoxy groups -OCH3 is 1. The number of nitrogens with zero attached hydrogens (tertiary/aromatic N) is 2. The minimum Gasteiger partial charge on any atom is -0.467 e. The molecule has 1 fully saturated rings. The number of hydrogen-bond acceptors (Lipinski definition) is 4. The topological polar surface area (TPSA) is 76.0 Å². The van der Waals surface area contributed by atoms with Gasteiger partial charge >= 0.3 is 5.97 Å². The summed E-state index contributed by atoms with van der Waals surface area (Å²) in [4.78, 5) is 14.2. The lowest BCUT2D eigenvalue weighted by atomic mass is 9.98. The lowest BCUT2D eigenvalue weighted by Crippen LogP contribution is -2.44. The number of hydrogen-bond donors (Lipinski definition) is 0. The highest BCUT2D eigenvalue weighted by molar-refractivity contribution is 7.90. The molecule has 2 rings (SSSR count). The molecule has 0 unspecified atom stereocenters. The maximum Gasteiger partial charge on any atom is 0.328 e. The molecule has 6 nitrogen and oxygen atoms in total. The summed E-state index contributed by atoms with van der Waals surface area (Å²) in [6.45, 7) is 6.61. The second kappa shape index (κ2) is 9.35. The first kappa shape index (κ1) is 21.4. The first-order chi connectivity index (χ1) is 12.8. The second-order valence-electron chi connectivity index (χ2n) is 7.01. The number of rotatable bonds is 7. The Labute approximate surface area is 162 Å². The van der Waals surface area contributed by atoms with E-state index in [1.54, 1.807) is 24.3 Å². The van der Waals surface area contributed by atoms with E-state index < -0.39 is 16.1 Å². The number of aryl methyl sites for hydroxylation is 1. The lowest BCUT2D eigenvalue weighted by molar-refractivity contribution is -0.144. The van der Waals surface area contributed by atoms with E-state index in [4.69, 9.17) is 4.74 Å². The summed E-state index contributed by atoms with van der Waals surface area (Å²) in [5.74, 6) is 0.146. The van der Waals surface area contributed by atoms with Gasteiger partial charge in [0.2, 0.25) is 0 Å². The normalized spacial score (nSPS) is 19.2. The molecule has 1 aromatic rings. The fourth-order valence-electron chi connectivity index (χ4n) is 3.53.